The van der Waals surface area contributed by atoms with Crippen LogP contribution in [0.1, 0.15) is 12.8 Å². The number of carbonyl (C=O) groups excluding carboxylic acids is 1. The van der Waals surface area contributed by atoms with E-state index in [1.54, 1.807) is 0 Å². The summed E-state index contributed by atoms with van der Waals surface area (Å²) >= 11 is 3.32. The zero-order valence-corrected chi connectivity index (χ0v) is 10.8. The van der Waals surface area contributed by atoms with Crippen LogP contribution < -0.4 is 0 Å². The molecule has 0 spiro atoms. The number of nitrogens with zero attached hydrogens (tertiary/aromatic N) is 1. The molecular weight excluding hydrogens is 262 g/mol. The van der Waals surface area contributed by atoms with E-state index in [-0.39, 0.29) is 10.8 Å². The lowest BCUT2D eigenvalue weighted by Gasteiger charge is -2.31. The highest BCUT2D eigenvalue weighted by molar-refractivity contribution is 9.10. The minimum Gasteiger partial charge on any atom is -0.468 e. The summed E-state index contributed by atoms with van der Waals surface area (Å²) in [6.45, 7) is 2.32. The Hall–Kier alpha value is -0.130. The van der Waals surface area contributed by atoms with Gasteiger partial charge in [0.05, 0.1) is 7.11 Å². The maximum atomic E-state index is 11.2. The second-order valence-corrected chi connectivity index (χ2v) is 4.88. The molecule has 0 aromatic heterocycles. The van der Waals surface area contributed by atoms with E-state index in [2.05, 4.69) is 25.6 Å². The van der Waals surface area contributed by atoms with E-state index in [1.807, 2.05) is 7.05 Å². The smallest absolute Gasteiger partial charge is 0.320 e. The Bertz CT molecular complexity index is 207. The number of halogens is 1. The van der Waals surface area contributed by atoms with Crippen molar-refractivity contribution in [3.8, 4) is 0 Å². The van der Waals surface area contributed by atoms with E-state index < -0.39 is 0 Å². The van der Waals surface area contributed by atoms with Crippen LogP contribution in [0.25, 0.3) is 0 Å². The molecule has 0 aromatic rings. The highest BCUT2D eigenvalue weighted by Gasteiger charge is 2.23. The van der Waals surface area contributed by atoms with Crippen molar-refractivity contribution in [2.75, 3.05) is 33.9 Å². The van der Waals surface area contributed by atoms with Gasteiger partial charge >= 0.3 is 5.97 Å². The van der Waals surface area contributed by atoms with E-state index in [9.17, 15) is 4.79 Å². The quantitative estimate of drug-likeness (QED) is 0.569. The summed E-state index contributed by atoms with van der Waals surface area (Å²) in [6.07, 6.45) is 2.08. The van der Waals surface area contributed by atoms with Crippen LogP contribution in [0.4, 0.5) is 0 Å². The predicted octanol–water partition coefficient (Wildman–Crippen LogP) is 1.03. The standard InChI is InChI=1S/C10H18BrNO3/c1-12(7-9(11)10(13)14-2)8-3-5-15-6-4-8/h8-9H,3-7H2,1-2H3. The first-order valence-corrected chi connectivity index (χ1v) is 6.06. The molecule has 1 rings (SSSR count). The molecule has 1 heterocycles. The molecule has 0 saturated carbocycles. The maximum Gasteiger partial charge on any atom is 0.320 e. The molecular formula is C10H18BrNO3. The molecule has 1 aliphatic rings. The van der Waals surface area contributed by atoms with Crippen molar-refractivity contribution in [2.45, 2.75) is 23.7 Å². The minimum absolute atomic E-state index is 0.214. The minimum atomic E-state index is -0.240. The van der Waals surface area contributed by atoms with Gasteiger partial charge < -0.3 is 14.4 Å². The van der Waals surface area contributed by atoms with Gasteiger partial charge in [0.15, 0.2) is 0 Å². The summed E-state index contributed by atoms with van der Waals surface area (Å²) in [5.41, 5.74) is 0. The normalized spacial score (nSPS) is 20.3. The number of esters is 1. The first-order chi connectivity index (χ1) is 7.15. The molecule has 1 aliphatic heterocycles. The number of rotatable bonds is 4. The van der Waals surface area contributed by atoms with Gasteiger partial charge in [0.1, 0.15) is 4.83 Å². The number of hydrogen-bond donors (Lipinski definition) is 0. The van der Waals surface area contributed by atoms with Crippen LogP contribution in [0.2, 0.25) is 0 Å². The van der Waals surface area contributed by atoms with Crippen LogP contribution in [0.15, 0.2) is 0 Å². The highest BCUT2D eigenvalue weighted by atomic mass is 79.9. The van der Waals surface area contributed by atoms with Crippen molar-refractivity contribution in [2.24, 2.45) is 0 Å². The Kier molecular flexibility index (Phi) is 5.56. The third-order valence-electron chi connectivity index (χ3n) is 2.72. The third-order valence-corrected chi connectivity index (χ3v) is 3.38. The van der Waals surface area contributed by atoms with Gasteiger partial charge in [-0.15, -0.1) is 0 Å². The molecule has 0 aliphatic carbocycles. The van der Waals surface area contributed by atoms with Crippen LogP contribution in [0.3, 0.4) is 0 Å². The van der Waals surface area contributed by atoms with Crippen molar-refractivity contribution in [3.05, 3.63) is 0 Å². The van der Waals surface area contributed by atoms with Gasteiger partial charge in [0.25, 0.3) is 0 Å². The Labute approximate surface area is 99.0 Å². The van der Waals surface area contributed by atoms with Crippen molar-refractivity contribution < 1.29 is 14.3 Å². The molecule has 88 valence electrons. The monoisotopic (exact) mass is 279 g/mol. The summed E-state index contributed by atoms with van der Waals surface area (Å²) in [5.74, 6) is -0.214. The van der Waals surface area contributed by atoms with E-state index in [0.29, 0.717) is 12.6 Å². The molecule has 1 atom stereocenters. The second-order valence-electron chi connectivity index (χ2n) is 3.77. The molecule has 0 N–H and O–H groups in total. The average molecular weight is 280 g/mol. The molecule has 0 amide bonds. The average Bonchev–Trinajstić information content (AvgIpc) is 2.29. The van der Waals surface area contributed by atoms with Crippen molar-refractivity contribution >= 4 is 21.9 Å². The Morgan fingerprint density at radius 3 is 2.73 bits per heavy atom. The molecule has 0 aromatic carbocycles. The van der Waals surface area contributed by atoms with E-state index in [1.165, 1.54) is 7.11 Å². The highest BCUT2D eigenvalue weighted by Crippen LogP contribution is 2.15. The third kappa shape index (κ3) is 4.09. The van der Waals surface area contributed by atoms with Crippen LogP contribution >= 0.6 is 15.9 Å². The Balaban J connectivity index is 2.33. The lowest BCUT2D eigenvalue weighted by molar-refractivity contribution is -0.140. The Morgan fingerprint density at radius 1 is 1.60 bits per heavy atom. The van der Waals surface area contributed by atoms with Crippen LogP contribution in [-0.4, -0.2) is 55.7 Å². The first kappa shape index (κ1) is 12.9. The second kappa shape index (κ2) is 6.45. The summed E-state index contributed by atoms with van der Waals surface area (Å²) in [4.78, 5) is 13.2. The lowest BCUT2D eigenvalue weighted by atomic mass is 10.1. The fraction of sp³-hybridized carbons (Fsp3) is 0.900. The summed E-state index contributed by atoms with van der Waals surface area (Å²) in [6, 6.07) is 0.517. The zero-order chi connectivity index (χ0) is 11.3. The van der Waals surface area contributed by atoms with Gasteiger partial charge in [0, 0.05) is 25.8 Å². The van der Waals surface area contributed by atoms with Gasteiger partial charge in [-0.2, -0.15) is 0 Å². The van der Waals surface area contributed by atoms with Gasteiger partial charge in [-0.05, 0) is 19.9 Å². The van der Waals surface area contributed by atoms with Crippen LogP contribution in [-0.2, 0) is 14.3 Å². The van der Waals surface area contributed by atoms with Gasteiger partial charge in [-0.3, -0.25) is 4.79 Å². The van der Waals surface area contributed by atoms with Crippen molar-refractivity contribution in [1.29, 1.82) is 0 Å². The molecule has 1 unspecified atom stereocenters. The lowest BCUT2D eigenvalue weighted by Crippen LogP contribution is -2.41. The molecule has 5 heteroatoms. The number of hydrogen-bond acceptors (Lipinski definition) is 4. The maximum absolute atomic E-state index is 11.2. The van der Waals surface area contributed by atoms with Crippen molar-refractivity contribution in [1.82, 2.24) is 4.90 Å². The van der Waals surface area contributed by atoms with Crippen LogP contribution in [0, 0.1) is 0 Å². The van der Waals surface area contributed by atoms with E-state index >= 15 is 0 Å². The van der Waals surface area contributed by atoms with Gasteiger partial charge in [0.2, 0.25) is 0 Å². The molecule has 1 fully saturated rings. The fourth-order valence-corrected chi connectivity index (χ4v) is 2.37. The van der Waals surface area contributed by atoms with Gasteiger partial charge in [-0.25, -0.2) is 0 Å². The number of alkyl halides is 1. The molecule has 0 radical (unpaired) electrons. The number of ether oxygens (including phenoxy) is 2. The molecule has 1 saturated heterocycles. The molecule has 0 bridgehead atoms. The fourth-order valence-electron chi connectivity index (χ4n) is 1.73. The largest absolute Gasteiger partial charge is 0.468 e. The van der Waals surface area contributed by atoms with Gasteiger partial charge in [-0.1, -0.05) is 15.9 Å². The number of carbonyl (C=O) groups is 1. The summed E-state index contributed by atoms with van der Waals surface area (Å²) < 4.78 is 9.96. The summed E-state index contributed by atoms with van der Waals surface area (Å²) in [7, 11) is 3.44. The Morgan fingerprint density at radius 2 is 2.20 bits per heavy atom. The first-order valence-electron chi connectivity index (χ1n) is 5.15. The van der Waals surface area contributed by atoms with Crippen LogP contribution in [0.5, 0.6) is 0 Å². The van der Waals surface area contributed by atoms with E-state index in [4.69, 9.17) is 4.74 Å². The summed E-state index contributed by atoms with van der Waals surface area (Å²) in [5, 5.41) is 0. The molecule has 15 heavy (non-hydrogen) atoms. The molecule has 4 nitrogen and oxygen atoms in total. The SMILES string of the molecule is COC(=O)C(Br)CN(C)C1CCOCC1. The topological polar surface area (TPSA) is 38.8 Å². The zero-order valence-electron chi connectivity index (χ0n) is 9.24. The predicted molar refractivity (Wildman–Crippen MR) is 61.2 cm³/mol. The van der Waals surface area contributed by atoms with Crippen molar-refractivity contribution in [3.63, 3.8) is 0 Å². The van der Waals surface area contributed by atoms with E-state index in [0.717, 1.165) is 26.1 Å². The number of methoxy groups -OCH3 is 1.